The van der Waals surface area contributed by atoms with Crippen molar-refractivity contribution in [3.63, 3.8) is 0 Å². The van der Waals surface area contributed by atoms with Crippen molar-refractivity contribution in [3.8, 4) is 5.75 Å². The second kappa shape index (κ2) is 8.08. The number of anilines is 1. The van der Waals surface area contributed by atoms with Gasteiger partial charge in [0.25, 0.3) is 0 Å². The van der Waals surface area contributed by atoms with E-state index in [9.17, 15) is 4.79 Å². The Labute approximate surface area is 162 Å². The molecule has 0 spiro atoms. The molecule has 7 heteroatoms. The third-order valence-corrected chi connectivity index (χ3v) is 6.19. The molecule has 0 bridgehead atoms. The van der Waals surface area contributed by atoms with E-state index in [2.05, 4.69) is 5.10 Å². The Morgan fingerprint density at radius 2 is 2.19 bits per heavy atom. The molecule has 27 heavy (non-hydrogen) atoms. The zero-order chi connectivity index (χ0) is 18.6. The molecule has 0 N–H and O–H groups in total. The number of rotatable bonds is 6. The van der Waals surface area contributed by atoms with Gasteiger partial charge >= 0.3 is 0 Å². The Balaban J connectivity index is 1.62. The van der Waals surface area contributed by atoms with E-state index >= 15 is 0 Å². The third-order valence-electron chi connectivity index (χ3n) is 5.15. The standard InChI is InChI=1S/C20H24N4O2S/c1-26-16-8-9-17-18(14-16)27-20(22-17)24(13-12-23-11-5-10-21-23)19(25)15-6-3-2-4-7-15/h5,8-11,14-15H,2-4,6-7,12-13H2,1H3. The Morgan fingerprint density at radius 3 is 2.93 bits per heavy atom. The fourth-order valence-corrected chi connectivity index (χ4v) is 4.67. The van der Waals surface area contributed by atoms with E-state index < -0.39 is 0 Å². The van der Waals surface area contributed by atoms with Crippen LogP contribution in [0.15, 0.2) is 36.7 Å². The first-order valence-corrected chi connectivity index (χ1v) is 10.3. The van der Waals surface area contributed by atoms with E-state index in [1.807, 2.05) is 40.0 Å². The number of nitrogens with zero attached hydrogens (tertiary/aromatic N) is 4. The van der Waals surface area contributed by atoms with Crippen LogP contribution in [0.1, 0.15) is 32.1 Å². The van der Waals surface area contributed by atoms with Gasteiger partial charge in [-0.1, -0.05) is 30.6 Å². The number of fused-ring (bicyclic) bond motifs is 1. The van der Waals surface area contributed by atoms with E-state index in [0.29, 0.717) is 13.1 Å². The minimum absolute atomic E-state index is 0.109. The maximum atomic E-state index is 13.3. The van der Waals surface area contributed by atoms with Crippen LogP contribution in [0.3, 0.4) is 0 Å². The number of carbonyl (C=O) groups is 1. The van der Waals surface area contributed by atoms with Crippen molar-refractivity contribution in [2.24, 2.45) is 5.92 Å². The molecule has 0 aliphatic heterocycles. The van der Waals surface area contributed by atoms with Crippen LogP contribution in [0.2, 0.25) is 0 Å². The third kappa shape index (κ3) is 3.98. The maximum Gasteiger partial charge on any atom is 0.231 e. The highest BCUT2D eigenvalue weighted by molar-refractivity contribution is 7.22. The quantitative estimate of drug-likeness (QED) is 0.642. The molecule has 0 saturated heterocycles. The SMILES string of the molecule is COc1ccc2nc(N(CCn3cccn3)C(=O)C3CCCCC3)sc2c1. The molecule has 4 rings (SSSR count). The molecule has 1 aliphatic carbocycles. The van der Waals surface area contributed by atoms with E-state index in [-0.39, 0.29) is 11.8 Å². The first-order chi connectivity index (χ1) is 13.2. The lowest BCUT2D eigenvalue weighted by Gasteiger charge is -2.27. The number of aromatic nitrogens is 3. The van der Waals surface area contributed by atoms with Crippen LogP contribution in [-0.4, -0.2) is 34.3 Å². The van der Waals surface area contributed by atoms with Crippen LogP contribution in [0.5, 0.6) is 5.75 Å². The fraction of sp³-hybridized carbons (Fsp3) is 0.450. The van der Waals surface area contributed by atoms with Gasteiger partial charge < -0.3 is 4.74 Å². The second-order valence-corrected chi connectivity index (χ2v) is 7.93. The summed E-state index contributed by atoms with van der Waals surface area (Å²) in [6.07, 6.45) is 9.16. The van der Waals surface area contributed by atoms with E-state index in [0.717, 1.165) is 46.8 Å². The molecule has 0 atom stereocenters. The molecule has 142 valence electrons. The maximum absolute atomic E-state index is 13.3. The summed E-state index contributed by atoms with van der Waals surface area (Å²) in [5.41, 5.74) is 0.899. The molecule has 2 aromatic heterocycles. The monoisotopic (exact) mass is 384 g/mol. The Kier molecular flexibility index (Phi) is 5.38. The van der Waals surface area contributed by atoms with Crippen LogP contribution in [-0.2, 0) is 11.3 Å². The lowest BCUT2D eigenvalue weighted by atomic mass is 9.88. The molecule has 1 aromatic carbocycles. The van der Waals surface area contributed by atoms with Crippen LogP contribution in [0, 0.1) is 5.92 Å². The normalized spacial score (nSPS) is 15.1. The van der Waals surface area contributed by atoms with Crippen LogP contribution >= 0.6 is 11.3 Å². The summed E-state index contributed by atoms with van der Waals surface area (Å²) in [4.78, 5) is 19.9. The molecule has 0 unspecified atom stereocenters. The van der Waals surface area contributed by atoms with Crippen molar-refractivity contribution in [3.05, 3.63) is 36.7 Å². The van der Waals surface area contributed by atoms with Crippen molar-refractivity contribution in [2.75, 3.05) is 18.6 Å². The summed E-state index contributed by atoms with van der Waals surface area (Å²) >= 11 is 1.55. The number of hydrogen-bond donors (Lipinski definition) is 0. The number of amides is 1. The van der Waals surface area contributed by atoms with Crippen molar-refractivity contribution >= 4 is 32.6 Å². The molecule has 1 aliphatic rings. The van der Waals surface area contributed by atoms with Gasteiger partial charge in [0, 0.05) is 24.9 Å². The van der Waals surface area contributed by atoms with Gasteiger partial charge in [0.2, 0.25) is 5.91 Å². The number of benzene rings is 1. The average molecular weight is 385 g/mol. The number of methoxy groups -OCH3 is 1. The number of hydrogen-bond acceptors (Lipinski definition) is 5. The topological polar surface area (TPSA) is 60.2 Å². The Morgan fingerprint density at radius 1 is 1.33 bits per heavy atom. The van der Waals surface area contributed by atoms with Gasteiger partial charge in [0.15, 0.2) is 5.13 Å². The number of carbonyl (C=O) groups excluding carboxylic acids is 1. The summed E-state index contributed by atoms with van der Waals surface area (Å²) in [5, 5.41) is 5.03. The van der Waals surface area contributed by atoms with Crippen LogP contribution < -0.4 is 9.64 Å². The van der Waals surface area contributed by atoms with Gasteiger partial charge in [-0.3, -0.25) is 14.4 Å². The summed E-state index contributed by atoms with van der Waals surface area (Å²) in [6.45, 7) is 1.23. The molecule has 3 aromatic rings. The highest BCUT2D eigenvalue weighted by atomic mass is 32.1. The van der Waals surface area contributed by atoms with Gasteiger partial charge in [0.05, 0.1) is 23.9 Å². The van der Waals surface area contributed by atoms with Crippen LogP contribution in [0.4, 0.5) is 5.13 Å². The van der Waals surface area contributed by atoms with Crippen molar-refractivity contribution in [1.82, 2.24) is 14.8 Å². The summed E-state index contributed by atoms with van der Waals surface area (Å²) in [7, 11) is 1.66. The summed E-state index contributed by atoms with van der Waals surface area (Å²) < 4.78 is 8.21. The molecule has 1 amide bonds. The average Bonchev–Trinajstić information content (AvgIpc) is 3.37. The van der Waals surface area contributed by atoms with Gasteiger partial charge in [-0.05, 0) is 37.1 Å². The zero-order valence-electron chi connectivity index (χ0n) is 15.5. The van der Waals surface area contributed by atoms with E-state index in [4.69, 9.17) is 9.72 Å². The fourth-order valence-electron chi connectivity index (χ4n) is 3.64. The number of thiazole rings is 1. The number of ether oxygens (including phenoxy) is 1. The Hall–Kier alpha value is -2.41. The highest BCUT2D eigenvalue weighted by Gasteiger charge is 2.28. The Bertz CT molecular complexity index is 900. The summed E-state index contributed by atoms with van der Waals surface area (Å²) in [5.74, 6) is 1.12. The van der Waals surface area contributed by atoms with E-state index in [1.54, 1.807) is 24.6 Å². The molecule has 0 radical (unpaired) electrons. The van der Waals surface area contributed by atoms with Crippen molar-refractivity contribution < 1.29 is 9.53 Å². The molecule has 6 nitrogen and oxygen atoms in total. The zero-order valence-corrected chi connectivity index (χ0v) is 16.3. The highest BCUT2D eigenvalue weighted by Crippen LogP contribution is 2.34. The second-order valence-electron chi connectivity index (χ2n) is 6.92. The lowest BCUT2D eigenvalue weighted by molar-refractivity contribution is -0.123. The minimum atomic E-state index is 0.109. The molecular formula is C20H24N4O2S. The van der Waals surface area contributed by atoms with Gasteiger partial charge in [-0.25, -0.2) is 4.98 Å². The van der Waals surface area contributed by atoms with Gasteiger partial charge in [0.1, 0.15) is 5.75 Å². The van der Waals surface area contributed by atoms with Gasteiger partial charge in [-0.2, -0.15) is 5.10 Å². The van der Waals surface area contributed by atoms with E-state index in [1.165, 1.54) is 6.42 Å². The largest absolute Gasteiger partial charge is 0.497 e. The van der Waals surface area contributed by atoms with Crippen molar-refractivity contribution in [1.29, 1.82) is 0 Å². The predicted octanol–water partition coefficient (Wildman–Crippen LogP) is 4.11. The molecule has 1 saturated carbocycles. The first-order valence-electron chi connectivity index (χ1n) is 9.48. The first kappa shape index (κ1) is 18.0. The molecule has 1 fully saturated rings. The molecular weight excluding hydrogens is 360 g/mol. The minimum Gasteiger partial charge on any atom is -0.497 e. The smallest absolute Gasteiger partial charge is 0.231 e. The van der Waals surface area contributed by atoms with Crippen molar-refractivity contribution in [2.45, 2.75) is 38.6 Å². The molecule has 2 heterocycles. The van der Waals surface area contributed by atoms with Gasteiger partial charge in [-0.15, -0.1) is 0 Å². The van der Waals surface area contributed by atoms with Crippen LogP contribution in [0.25, 0.3) is 10.2 Å². The summed E-state index contributed by atoms with van der Waals surface area (Å²) in [6, 6.07) is 7.73. The lowest BCUT2D eigenvalue weighted by Crippen LogP contribution is -2.39. The predicted molar refractivity (Wildman–Crippen MR) is 107 cm³/mol.